The first-order valence-electron chi connectivity index (χ1n) is 4.90. The first kappa shape index (κ1) is 12.0. The van der Waals surface area contributed by atoms with E-state index in [2.05, 4.69) is 17.2 Å². The Labute approximate surface area is 94.4 Å². The van der Waals surface area contributed by atoms with Crippen molar-refractivity contribution < 1.29 is 9.59 Å². The van der Waals surface area contributed by atoms with Crippen LogP contribution >= 0.6 is 0 Å². The molecule has 4 heteroatoms. The van der Waals surface area contributed by atoms with Crippen LogP contribution in [0, 0.1) is 0 Å². The lowest BCUT2D eigenvalue weighted by Gasteiger charge is -2.05. The Bertz CT molecular complexity index is 413. The molecule has 0 saturated carbocycles. The van der Waals surface area contributed by atoms with Crippen LogP contribution in [0.5, 0.6) is 0 Å². The van der Waals surface area contributed by atoms with E-state index in [4.69, 9.17) is 0 Å². The van der Waals surface area contributed by atoms with Crippen molar-refractivity contribution >= 4 is 17.5 Å². The van der Waals surface area contributed by atoms with Crippen LogP contribution in [0.2, 0.25) is 0 Å². The summed E-state index contributed by atoms with van der Waals surface area (Å²) in [6, 6.07) is 6.75. The molecule has 0 aliphatic carbocycles. The second-order valence-corrected chi connectivity index (χ2v) is 3.26. The molecule has 1 aromatic rings. The Kier molecular flexibility index (Phi) is 4.27. The summed E-state index contributed by atoms with van der Waals surface area (Å²) < 4.78 is 0. The maximum atomic E-state index is 11.6. The van der Waals surface area contributed by atoms with Crippen molar-refractivity contribution in [3.63, 3.8) is 0 Å². The van der Waals surface area contributed by atoms with Gasteiger partial charge in [0.1, 0.15) is 0 Å². The zero-order valence-electron chi connectivity index (χ0n) is 9.12. The largest absolute Gasteiger partial charge is 0.349 e. The minimum Gasteiger partial charge on any atom is -0.349 e. The molecule has 1 rings (SSSR count). The smallest absolute Gasteiger partial charge is 0.251 e. The van der Waals surface area contributed by atoms with Gasteiger partial charge in [-0.05, 0) is 18.2 Å². The molecular formula is C12H14N2O2. The fourth-order valence-electron chi connectivity index (χ4n) is 1.21. The molecule has 0 aliphatic rings. The van der Waals surface area contributed by atoms with E-state index in [1.807, 2.05) is 0 Å². The third kappa shape index (κ3) is 3.57. The highest BCUT2D eigenvalue weighted by Crippen LogP contribution is 2.10. The molecule has 84 valence electrons. The normalized spacial score (nSPS) is 9.31. The first-order chi connectivity index (χ1) is 7.63. The molecule has 0 bridgehead atoms. The van der Waals surface area contributed by atoms with E-state index >= 15 is 0 Å². The second-order valence-electron chi connectivity index (χ2n) is 3.26. The quantitative estimate of drug-likeness (QED) is 0.753. The van der Waals surface area contributed by atoms with Crippen molar-refractivity contribution in [3.05, 3.63) is 42.5 Å². The topological polar surface area (TPSA) is 58.2 Å². The number of carbonyl (C=O) groups is 2. The molecule has 16 heavy (non-hydrogen) atoms. The number of anilines is 1. The summed E-state index contributed by atoms with van der Waals surface area (Å²) in [6.07, 6.45) is 1.61. The van der Waals surface area contributed by atoms with Gasteiger partial charge in [-0.1, -0.05) is 12.1 Å². The average molecular weight is 218 g/mol. The van der Waals surface area contributed by atoms with E-state index in [1.54, 1.807) is 30.3 Å². The summed E-state index contributed by atoms with van der Waals surface area (Å²) in [6.45, 7) is 5.35. The van der Waals surface area contributed by atoms with Crippen molar-refractivity contribution in [1.82, 2.24) is 5.32 Å². The lowest BCUT2D eigenvalue weighted by molar-refractivity contribution is -0.114. The SMILES string of the molecule is C=CCNC(=O)c1cccc(NC(C)=O)c1. The molecule has 2 amide bonds. The molecule has 0 fully saturated rings. The van der Waals surface area contributed by atoms with Crippen LogP contribution in [-0.2, 0) is 4.79 Å². The molecule has 0 aromatic heterocycles. The van der Waals surface area contributed by atoms with Crippen LogP contribution in [-0.4, -0.2) is 18.4 Å². The summed E-state index contributed by atoms with van der Waals surface area (Å²) in [7, 11) is 0. The Morgan fingerprint density at radius 1 is 1.44 bits per heavy atom. The van der Waals surface area contributed by atoms with E-state index in [9.17, 15) is 9.59 Å². The Morgan fingerprint density at radius 2 is 2.19 bits per heavy atom. The van der Waals surface area contributed by atoms with Gasteiger partial charge in [0.15, 0.2) is 0 Å². The summed E-state index contributed by atoms with van der Waals surface area (Å²) >= 11 is 0. The Balaban J connectivity index is 2.77. The molecule has 0 radical (unpaired) electrons. The Hall–Kier alpha value is -2.10. The molecule has 0 aliphatic heterocycles. The van der Waals surface area contributed by atoms with Crippen LogP contribution < -0.4 is 10.6 Å². The molecule has 4 nitrogen and oxygen atoms in total. The predicted octanol–water partition coefficient (Wildman–Crippen LogP) is 1.56. The lowest BCUT2D eigenvalue weighted by atomic mass is 10.2. The number of rotatable bonds is 4. The van der Waals surface area contributed by atoms with E-state index in [0.29, 0.717) is 17.8 Å². The molecule has 0 saturated heterocycles. The highest BCUT2D eigenvalue weighted by atomic mass is 16.2. The minimum absolute atomic E-state index is 0.163. The Morgan fingerprint density at radius 3 is 2.81 bits per heavy atom. The molecule has 0 heterocycles. The van der Waals surface area contributed by atoms with Gasteiger partial charge in [-0.25, -0.2) is 0 Å². The summed E-state index contributed by atoms with van der Waals surface area (Å²) in [5.41, 5.74) is 1.12. The monoisotopic (exact) mass is 218 g/mol. The fraction of sp³-hybridized carbons (Fsp3) is 0.167. The van der Waals surface area contributed by atoms with Gasteiger partial charge in [-0.3, -0.25) is 9.59 Å². The highest BCUT2D eigenvalue weighted by molar-refractivity contribution is 5.96. The van der Waals surface area contributed by atoms with E-state index in [1.165, 1.54) is 6.92 Å². The van der Waals surface area contributed by atoms with Crippen LogP contribution in [0.15, 0.2) is 36.9 Å². The predicted molar refractivity (Wildman–Crippen MR) is 63.3 cm³/mol. The number of carbonyl (C=O) groups excluding carboxylic acids is 2. The van der Waals surface area contributed by atoms with Gasteiger partial charge in [0, 0.05) is 24.7 Å². The van der Waals surface area contributed by atoms with Crippen LogP contribution in [0.25, 0.3) is 0 Å². The van der Waals surface area contributed by atoms with Gasteiger partial charge in [0.25, 0.3) is 5.91 Å². The number of nitrogens with one attached hydrogen (secondary N) is 2. The average Bonchev–Trinajstić information content (AvgIpc) is 2.25. The molecule has 1 aromatic carbocycles. The van der Waals surface area contributed by atoms with Crippen LogP contribution in [0.4, 0.5) is 5.69 Å². The second kappa shape index (κ2) is 5.70. The maximum Gasteiger partial charge on any atom is 0.251 e. The zero-order chi connectivity index (χ0) is 12.0. The van der Waals surface area contributed by atoms with Gasteiger partial charge in [0.2, 0.25) is 5.91 Å². The zero-order valence-corrected chi connectivity index (χ0v) is 9.12. The summed E-state index contributed by atoms with van der Waals surface area (Å²) in [5.74, 6) is -0.351. The molecule has 0 spiro atoms. The van der Waals surface area contributed by atoms with Gasteiger partial charge >= 0.3 is 0 Å². The fourth-order valence-corrected chi connectivity index (χ4v) is 1.21. The third-order valence-electron chi connectivity index (χ3n) is 1.85. The van der Waals surface area contributed by atoms with Crippen molar-refractivity contribution in [2.75, 3.05) is 11.9 Å². The van der Waals surface area contributed by atoms with Gasteiger partial charge in [-0.15, -0.1) is 6.58 Å². The third-order valence-corrected chi connectivity index (χ3v) is 1.85. The van der Waals surface area contributed by atoms with Crippen LogP contribution in [0.3, 0.4) is 0 Å². The number of hydrogen-bond acceptors (Lipinski definition) is 2. The van der Waals surface area contributed by atoms with Crippen molar-refractivity contribution in [2.45, 2.75) is 6.92 Å². The molecule has 2 N–H and O–H groups in total. The standard InChI is InChI=1S/C12H14N2O2/c1-3-7-13-12(16)10-5-4-6-11(8-10)14-9(2)15/h3-6,8H,1,7H2,2H3,(H,13,16)(H,14,15). The summed E-state index contributed by atoms with van der Waals surface area (Å²) in [4.78, 5) is 22.4. The van der Waals surface area contributed by atoms with Crippen molar-refractivity contribution in [3.8, 4) is 0 Å². The van der Waals surface area contributed by atoms with Crippen molar-refractivity contribution in [1.29, 1.82) is 0 Å². The van der Waals surface area contributed by atoms with Crippen molar-refractivity contribution in [2.24, 2.45) is 0 Å². The van der Waals surface area contributed by atoms with E-state index in [-0.39, 0.29) is 11.8 Å². The highest BCUT2D eigenvalue weighted by Gasteiger charge is 2.04. The molecule has 0 atom stereocenters. The number of benzene rings is 1. The van der Waals surface area contributed by atoms with Gasteiger partial charge in [0.05, 0.1) is 0 Å². The molecule has 0 unspecified atom stereocenters. The van der Waals surface area contributed by atoms with E-state index < -0.39 is 0 Å². The first-order valence-corrected chi connectivity index (χ1v) is 4.90. The number of hydrogen-bond donors (Lipinski definition) is 2. The van der Waals surface area contributed by atoms with Crippen LogP contribution in [0.1, 0.15) is 17.3 Å². The van der Waals surface area contributed by atoms with Gasteiger partial charge < -0.3 is 10.6 Å². The minimum atomic E-state index is -0.188. The lowest BCUT2D eigenvalue weighted by Crippen LogP contribution is -2.23. The summed E-state index contributed by atoms with van der Waals surface area (Å²) in [5, 5.41) is 5.28. The number of amides is 2. The van der Waals surface area contributed by atoms with E-state index in [0.717, 1.165) is 0 Å². The maximum absolute atomic E-state index is 11.6. The molecular weight excluding hydrogens is 204 g/mol. The van der Waals surface area contributed by atoms with Gasteiger partial charge in [-0.2, -0.15) is 0 Å².